The number of benzene rings is 3. The fraction of sp³-hybridized carbons (Fsp3) is 0.200. The molecule has 3 aromatic carbocycles. The van der Waals surface area contributed by atoms with Crippen LogP contribution in [0.4, 0.5) is 0 Å². The number of nitrogens with zero attached hydrogens (tertiary/aromatic N) is 3. The topological polar surface area (TPSA) is 93.0 Å². The number of carbonyl (C=O) groups excluding carboxylic acids is 1. The van der Waals surface area contributed by atoms with Crippen molar-refractivity contribution in [1.82, 2.24) is 14.3 Å². The molecule has 0 aliphatic carbocycles. The van der Waals surface area contributed by atoms with E-state index < -0.39 is 15.9 Å². The fourth-order valence-corrected chi connectivity index (χ4v) is 5.96. The van der Waals surface area contributed by atoms with Crippen LogP contribution in [-0.4, -0.2) is 49.6 Å². The van der Waals surface area contributed by atoms with Gasteiger partial charge in [-0.3, -0.25) is 4.79 Å². The summed E-state index contributed by atoms with van der Waals surface area (Å²) in [6.45, 7) is 3.65. The van der Waals surface area contributed by atoms with E-state index in [0.717, 1.165) is 32.5 Å². The molecule has 0 saturated heterocycles. The lowest BCUT2D eigenvalue weighted by atomic mass is 10.1. The Morgan fingerprint density at radius 1 is 1.02 bits per heavy atom. The van der Waals surface area contributed by atoms with Gasteiger partial charge in [-0.1, -0.05) is 48.0 Å². The number of aromatic nitrogens is 1. The maximum Gasteiger partial charge on any atom is 0.255 e. The van der Waals surface area contributed by atoms with E-state index in [9.17, 15) is 13.2 Å². The summed E-state index contributed by atoms with van der Waals surface area (Å²) in [5, 5.41) is 4.75. The van der Waals surface area contributed by atoms with Gasteiger partial charge in [-0.05, 0) is 74.4 Å². The van der Waals surface area contributed by atoms with E-state index in [1.165, 1.54) is 19.2 Å². The highest BCUT2D eigenvalue weighted by molar-refractivity contribution is 7.89. The number of rotatable bonds is 11. The predicted octanol–water partition coefficient (Wildman–Crippen LogP) is 5.14. The average Bonchev–Trinajstić information content (AvgIpc) is 3.23. The lowest BCUT2D eigenvalue weighted by Gasteiger charge is -2.21. The van der Waals surface area contributed by atoms with Crippen LogP contribution in [0.1, 0.15) is 22.5 Å². The van der Waals surface area contributed by atoms with Gasteiger partial charge in [0.25, 0.3) is 5.91 Å². The largest absolute Gasteiger partial charge is 0.497 e. The van der Waals surface area contributed by atoms with Crippen molar-refractivity contribution in [3.8, 4) is 11.4 Å². The lowest BCUT2D eigenvalue weighted by molar-refractivity contribution is -0.121. The van der Waals surface area contributed by atoms with Crippen LogP contribution in [0.25, 0.3) is 5.69 Å². The van der Waals surface area contributed by atoms with Gasteiger partial charge in [0.1, 0.15) is 5.75 Å². The molecule has 0 fully saturated rings. The molecule has 10 heteroatoms. The van der Waals surface area contributed by atoms with Crippen molar-refractivity contribution >= 4 is 33.7 Å². The van der Waals surface area contributed by atoms with Crippen LogP contribution in [0.5, 0.6) is 5.75 Å². The molecular formula is C30H31ClN4O4S. The van der Waals surface area contributed by atoms with Crippen LogP contribution in [0.3, 0.4) is 0 Å². The Balaban J connectivity index is 1.49. The summed E-state index contributed by atoms with van der Waals surface area (Å²) < 4.78 is 35.3. The number of carbonyl (C=O) groups is 1. The second-order valence-electron chi connectivity index (χ2n) is 9.18. The molecule has 1 amide bonds. The Hall–Kier alpha value is -3.92. The van der Waals surface area contributed by atoms with Gasteiger partial charge in [0.2, 0.25) is 10.0 Å². The SMILES string of the molecule is COc1ccc(S(=O)(=O)N(CCc2ccccc2)CC(=O)N/N=C/c2cc(C)n(-c3cccc(Cl)c3)c2C)cc1. The first kappa shape index (κ1) is 29.1. The van der Waals surface area contributed by atoms with Crippen molar-refractivity contribution in [1.29, 1.82) is 0 Å². The molecule has 8 nitrogen and oxygen atoms in total. The highest BCUT2D eigenvalue weighted by Gasteiger charge is 2.26. The number of hydrazone groups is 1. The normalized spacial score (nSPS) is 11.7. The van der Waals surface area contributed by atoms with Crippen LogP contribution in [0.15, 0.2) is 94.9 Å². The number of nitrogens with one attached hydrogen (secondary N) is 1. The van der Waals surface area contributed by atoms with Crippen molar-refractivity contribution in [2.45, 2.75) is 25.2 Å². The van der Waals surface area contributed by atoms with Gasteiger partial charge in [-0.25, -0.2) is 13.8 Å². The second kappa shape index (κ2) is 13.0. The quantitative estimate of drug-likeness (QED) is 0.197. The van der Waals surface area contributed by atoms with E-state index in [2.05, 4.69) is 10.5 Å². The highest BCUT2D eigenvalue weighted by Crippen LogP contribution is 2.23. The minimum Gasteiger partial charge on any atom is -0.497 e. The molecule has 0 unspecified atom stereocenters. The van der Waals surface area contributed by atoms with Gasteiger partial charge < -0.3 is 9.30 Å². The van der Waals surface area contributed by atoms with E-state index in [1.807, 2.05) is 79.1 Å². The highest BCUT2D eigenvalue weighted by atomic mass is 35.5. The standard InChI is InChI=1S/C30H31ClN4O4S/c1-22-18-25(23(2)35(22)27-11-7-10-26(31)19-27)20-32-33-30(36)21-34(17-16-24-8-5-4-6-9-24)40(37,38)29-14-12-28(39-3)13-15-29/h4-15,18-20H,16-17,21H2,1-3H3,(H,33,36)/b32-20+. The average molecular weight is 579 g/mol. The summed E-state index contributed by atoms with van der Waals surface area (Å²) in [6, 6.07) is 25.1. The Morgan fingerprint density at radius 2 is 1.75 bits per heavy atom. The molecule has 40 heavy (non-hydrogen) atoms. The summed E-state index contributed by atoms with van der Waals surface area (Å²) in [5.74, 6) is -0.0124. The molecule has 0 spiro atoms. The van der Waals surface area contributed by atoms with E-state index in [1.54, 1.807) is 18.3 Å². The van der Waals surface area contributed by atoms with E-state index in [0.29, 0.717) is 17.2 Å². The van der Waals surface area contributed by atoms with Crippen LogP contribution in [-0.2, 0) is 21.2 Å². The Labute approximate surface area is 239 Å². The Morgan fingerprint density at radius 3 is 2.42 bits per heavy atom. The number of sulfonamides is 1. The van der Waals surface area contributed by atoms with Gasteiger partial charge in [0, 0.05) is 34.2 Å². The van der Waals surface area contributed by atoms with Crippen molar-refractivity contribution in [2.75, 3.05) is 20.2 Å². The molecule has 1 aromatic heterocycles. The number of aryl methyl sites for hydroxylation is 1. The predicted molar refractivity (Wildman–Crippen MR) is 158 cm³/mol. The first-order chi connectivity index (χ1) is 19.2. The summed E-state index contributed by atoms with van der Waals surface area (Å²) >= 11 is 6.17. The van der Waals surface area contributed by atoms with Gasteiger partial charge in [-0.2, -0.15) is 9.41 Å². The molecule has 4 aromatic rings. The van der Waals surface area contributed by atoms with E-state index in [-0.39, 0.29) is 18.0 Å². The molecule has 0 saturated carbocycles. The van der Waals surface area contributed by atoms with Gasteiger partial charge >= 0.3 is 0 Å². The Kier molecular flexibility index (Phi) is 9.42. The lowest BCUT2D eigenvalue weighted by Crippen LogP contribution is -2.40. The van der Waals surface area contributed by atoms with Crippen LogP contribution in [0, 0.1) is 13.8 Å². The summed E-state index contributed by atoms with van der Waals surface area (Å²) in [7, 11) is -2.45. The third-order valence-electron chi connectivity index (χ3n) is 6.44. The summed E-state index contributed by atoms with van der Waals surface area (Å²) in [4.78, 5) is 13.0. The van der Waals surface area contributed by atoms with Crippen LogP contribution < -0.4 is 10.2 Å². The van der Waals surface area contributed by atoms with Gasteiger partial charge in [0.05, 0.1) is 24.8 Å². The fourth-order valence-electron chi connectivity index (χ4n) is 4.38. The van der Waals surface area contributed by atoms with E-state index >= 15 is 0 Å². The minimum atomic E-state index is -3.96. The second-order valence-corrected chi connectivity index (χ2v) is 11.6. The third-order valence-corrected chi connectivity index (χ3v) is 8.53. The number of hydrogen-bond donors (Lipinski definition) is 1. The number of methoxy groups -OCH3 is 1. The van der Waals surface area contributed by atoms with Gasteiger partial charge in [0.15, 0.2) is 0 Å². The summed E-state index contributed by atoms with van der Waals surface area (Å²) in [5.41, 5.74) is 7.07. The number of amides is 1. The summed E-state index contributed by atoms with van der Waals surface area (Å²) in [6.07, 6.45) is 2.00. The molecule has 0 bridgehead atoms. The molecular weight excluding hydrogens is 548 g/mol. The zero-order valence-corrected chi connectivity index (χ0v) is 24.1. The zero-order valence-electron chi connectivity index (χ0n) is 22.5. The van der Waals surface area contributed by atoms with Crippen LogP contribution in [0.2, 0.25) is 5.02 Å². The van der Waals surface area contributed by atoms with Crippen molar-refractivity contribution in [3.05, 3.63) is 112 Å². The Bertz CT molecular complexity index is 1600. The van der Waals surface area contributed by atoms with Crippen molar-refractivity contribution in [3.63, 3.8) is 0 Å². The molecule has 0 aliphatic rings. The molecule has 0 aliphatic heterocycles. The number of ether oxygens (including phenoxy) is 1. The molecule has 1 N–H and O–H groups in total. The first-order valence-corrected chi connectivity index (χ1v) is 14.5. The van der Waals surface area contributed by atoms with Crippen molar-refractivity contribution < 1.29 is 17.9 Å². The van der Waals surface area contributed by atoms with E-state index in [4.69, 9.17) is 16.3 Å². The first-order valence-electron chi connectivity index (χ1n) is 12.6. The third kappa shape index (κ3) is 6.98. The molecule has 1 heterocycles. The molecule has 4 rings (SSSR count). The molecule has 0 atom stereocenters. The maximum absolute atomic E-state index is 13.5. The van der Waals surface area contributed by atoms with Crippen molar-refractivity contribution in [2.24, 2.45) is 5.10 Å². The molecule has 0 radical (unpaired) electrons. The monoisotopic (exact) mass is 578 g/mol. The minimum absolute atomic E-state index is 0.0751. The van der Waals surface area contributed by atoms with Crippen LogP contribution >= 0.6 is 11.6 Å². The molecule has 208 valence electrons. The van der Waals surface area contributed by atoms with Gasteiger partial charge in [-0.15, -0.1) is 0 Å². The smallest absolute Gasteiger partial charge is 0.255 e. The maximum atomic E-state index is 13.5. The number of halogens is 1. The number of hydrogen-bond acceptors (Lipinski definition) is 5. The zero-order chi connectivity index (χ0) is 28.7.